The normalized spacial score (nSPS) is 12.6. The molecule has 3 heteroatoms. The third kappa shape index (κ3) is 3.94. The molecule has 1 aromatic heterocycles. The van der Waals surface area contributed by atoms with E-state index in [9.17, 15) is 0 Å². The molecule has 2 rings (SSSR count). The lowest BCUT2D eigenvalue weighted by atomic mass is 10.0. The lowest BCUT2D eigenvalue weighted by Crippen LogP contribution is -2.23. The van der Waals surface area contributed by atoms with Crippen molar-refractivity contribution in [3.05, 3.63) is 56.7 Å². The highest BCUT2D eigenvalue weighted by Crippen LogP contribution is 2.27. The molecule has 0 radical (unpaired) electrons. The molecule has 1 nitrogen and oxygen atoms in total. The molecule has 0 fully saturated rings. The first-order valence-corrected chi connectivity index (χ1v) is 7.98. The molecule has 0 aliphatic rings. The van der Waals surface area contributed by atoms with E-state index in [2.05, 4.69) is 69.9 Å². The minimum Gasteiger partial charge on any atom is -0.310 e. The molecule has 0 saturated carbocycles. The van der Waals surface area contributed by atoms with E-state index < -0.39 is 0 Å². The molecule has 1 aromatic carbocycles. The Morgan fingerprint density at radius 2 is 2.06 bits per heavy atom. The summed E-state index contributed by atoms with van der Waals surface area (Å²) in [5.41, 5.74) is 2.76. The van der Waals surface area contributed by atoms with Crippen LogP contribution in [0.25, 0.3) is 0 Å². The Morgan fingerprint density at radius 3 is 2.67 bits per heavy atom. The van der Waals surface area contributed by atoms with E-state index in [0.717, 1.165) is 19.4 Å². The standard InChI is InChI=1S/C15H18BrNS/c1-2-8-17-14(13-10-15(16)18-11-13)9-12-6-4-3-5-7-12/h3-7,10-11,14,17H,2,8-9H2,1H3. The number of rotatable bonds is 6. The zero-order valence-electron chi connectivity index (χ0n) is 10.5. The first-order chi connectivity index (χ1) is 8.79. The predicted octanol–water partition coefficient (Wildman–Crippen LogP) is 4.79. The summed E-state index contributed by atoms with van der Waals surface area (Å²) in [6.07, 6.45) is 2.21. The van der Waals surface area contributed by atoms with Gasteiger partial charge in [0.05, 0.1) is 3.79 Å². The van der Waals surface area contributed by atoms with Gasteiger partial charge in [-0.2, -0.15) is 0 Å². The molecule has 96 valence electrons. The summed E-state index contributed by atoms with van der Waals surface area (Å²) >= 11 is 5.30. The maximum absolute atomic E-state index is 3.63. The Hall–Kier alpha value is -0.640. The van der Waals surface area contributed by atoms with Crippen LogP contribution in [0.5, 0.6) is 0 Å². The number of nitrogens with one attached hydrogen (secondary N) is 1. The van der Waals surface area contributed by atoms with Crippen molar-refractivity contribution in [3.8, 4) is 0 Å². The van der Waals surface area contributed by atoms with Crippen LogP contribution in [-0.2, 0) is 6.42 Å². The summed E-state index contributed by atoms with van der Waals surface area (Å²) in [6, 6.07) is 13.3. The van der Waals surface area contributed by atoms with E-state index in [0.29, 0.717) is 6.04 Å². The maximum atomic E-state index is 3.63. The Kier molecular flexibility index (Phi) is 5.42. The smallest absolute Gasteiger partial charge is 0.0701 e. The van der Waals surface area contributed by atoms with Crippen molar-refractivity contribution in [2.24, 2.45) is 0 Å². The highest BCUT2D eigenvalue weighted by molar-refractivity contribution is 9.11. The van der Waals surface area contributed by atoms with Gasteiger partial charge in [-0.25, -0.2) is 0 Å². The first-order valence-electron chi connectivity index (χ1n) is 6.31. The van der Waals surface area contributed by atoms with Gasteiger partial charge in [0.25, 0.3) is 0 Å². The van der Waals surface area contributed by atoms with Crippen LogP contribution in [0.3, 0.4) is 0 Å². The molecule has 0 bridgehead atoms. The van der Waals surface area contributed by atoms with Gasteiger partial charge in [0.2, 0.25) is 0 Å². The molecular weight excluding hydrogens is 306 g/mol. The van der Waals surface area contributed by atoms with Crippen molar-refractivity contribution in [1.82, 2.24) is 5.32 Å². The van der Waals surface area contributed by atoms with Crippen molar-refractivity contribution in [2.45, 2.75) is 25.8 Å². The second-order valence-corrected chi connectivity index (χ2v) is 6.67. The number of benzene rings is 1. The summed E-state index contributed by atoms with van der Waals surface area (Å²) in [5, 5.41) is 5.87. The molecule has 1 unspecified atom stereocenters. The van der Waals surface area contributed by atoms with Gasteiger partial charge in [-0.15, -0.1) is 11.3 Å². The van der Waals surface area contributed by atoms with Crippen molar-refractivity contribution < 1.29 is 0 Å². The third-order valence-electron chi connectivity index (χ3n) is 2.91. The fourth-order valence-corrected chi connectivity index (χ4v) is 3.21. The van der Waals surface area contributed by atoms with E-state index in [1.54, 1.807) is 11.3 Å². The minimum atomic E-state index is 0.412. The van der Waals surface area contributed by atoms with Gasteiger partial charge in [-0.05, 0) is 57.9 Å². The van der Waals surface area contributed by atoms with Crippen LogP contribution in [0.2, 0.25) is 0 Å². The van der Waals surface area contributed by atoms with Crippen molar-refractivity contribution in [3.63, 3.8) is 0 Å². The molecule has 1 heterocycles. The fraction of sp³-hybridized carbons (Fsp3) is 0.333. The summed E-state index contributed by atoms with van der Waals surface area (Å²) in [5.74, 6) is 0. The highest BCUT2D eigenvalue weighted by Gasteiger charge is 2.12. The summed E-state index contributed by atoms with van der Waals surface area (Å²) in [4.78, 5) is 0. The van der Waals surface area contributed by atoms with Gasteiger partial charge in [0.1, 0.15) is 0 Å². The fourth-order valence-electron chi connectivity index (χ4n) is 1.98. The van der Waals surface area contributed by atoms with Crippen LogP contribution in [0.4, 0.5) is 0 Å². The Labute approximate surface area is 121 Å². The van der Waals surface area contributed by atoms with Crippen LogP contribution >= 0.6 is 27.3 Å². The second-order valence-electron chi connectivity index (χ2n) is 4.38. The number of halogens is 1. The number of hydrogen-bond donors (Lipinski definition) is 1. The van der Waals surface area contributed by atoms with Crippen LogP contribution < -0.4 is 5.32 Å². The molecular formula is C15H18BrNS. The van der Waals surface area contributed by atoms with Crippen LogP contribution in [0.1, 0.15) is 30.5 Å². The maximum Gasteiger partial charge on any atom is 0.0701 e. The lowest BCUT2D eigenvalue weighted by molar-refractivity contribution is 0.530. The molecule has 0 aliphatic heterocycles. The van der Waals surface area contributed by atoms with Crippen molar-refractivity contribution in [2.75, 3.05) is 6.54 Å². The van der Waals surface area contributed by atoms with Crippen molar-refractivity contribution in [1.29, 1.82) is 0 Å². The highest BCUT2D eigenvalue weighted by atomic mass is 79.9. The minimum absolute atomic E-state index is 0.412. The van der Waals surface area contributed by atoms with Crippen LogP contribution in [0.15, 0.2) is 45.6 Å². The molecule has 18 heavy (non-hydrogen) atoms. The molecule has 0 saturated heterocycles. The van der Waals surface area contributed by atoms with E-state index in [4.69, 9.17) is 0 Å². The topological polar surface area (TPSA) is 12.0 Å². The molecule has 1 N–H and O–H groups in total. The van der Waals surface area contributed by atoms with E-state index in [-0.39, 0.29) is 0 Å². The number of hydrogen-bond acceptors (Lipinski definition) is 2. The predicted molar refractivity (Wildman–Crippen MR) is 83.2 cm³/mol. The average molecular weight is 324 g/mol. The molecule has 0 spiro atoms. The first kappa shape index (κ1) is 13.8. The van der Waals surface area contributed by atoms with Gasteiger partial charge < -0.3 is 5.32 Å². The Morgan fingerprint density at radius 1 is 1.28 bits per heavy atom. The molecule has 1 atom stereocenters. The molecule has 0 amide bonds. The van der Waals surface area contributed by atoms with Crippen molar-refractivity contribution >= 4 is 27.3 Å². The second kappa shape index (κ2) is 7.07. The SMILES string of the molecule is CCCNC(Cc1ccccc1)c1csc(Br)c1. The van der Waals surface area contributed by atoms with E-state index >= 15 is 0 Å². The summed E-state index contributed by atoms with van der Waals surface area (Å²) in [6.45, 7) is 3.26. The molecule has 2 aromatic rings. The Bertz CT molecular complexity index is 466. The van der Waals surface area contributed by atoms with Gasteiger partial charge in [0, 0.05) is 6.04 Å². The summed E-state index contributed by atoms with van der Waals surface area (Å²) < 4.78 is 1.20. The van der Waals surface area contributed by atoms with Gasteiger partial charge in [-0.1, -0.05) is 37.3 Å². The third-order valence-corrected chi connectivity index (χ3v) is 4.44. The van der Waals surface area contributed by atoms with E-state index in [1.807, 2.05) is 0 Å². The van der Waals surface area contributed by atoms with Gasteiger partial charge >= 0.3 is 0 Å². The monoisotopic (exact) mass is 323 g/mol. The number of thiophene rings is 1. The zero-order valence-corrected chi connectivity index (χ0v) is 12.9. The summed E-state index contributed by atoms with van der Waals surface area (Å²) in [7, 11) is 0. The Balaban J connectivity index is 2.10. The average Bonchev–Trinajstić information content (AvgIpc) is 2.82. The van der Waals surface area contributed by atoms with Gasteiger partial charge in [0.15, 0.2) is 0 Å². The largest absolute Gasteiger partial charge is 0.310 e. The molecule has 0 aliphatic carbocycles. The van der Waals surface area contributed by atoms with E-state index in [1.165, 1.54) is 14.9 Å². The quantitative estimate of drug-likeness (QED) is 0.805. The van der Waals surface area contributed by atoms with Crippen LogP contribution in [-0.4, -0.2) is 6.54 Å². The van der Waals surface area contributed by atoms with Gasteiger partial charge in [-0.3, -0.25) is 0 Å². The van der Waals surface area contributed by atoms with Crippen LogP contribution in [0, 0.1) is 0 Å². The zero-order chi connectivity index (χ0) is 12.8. The lowest BCUT2D eigenvalue weighted by Gasteiger charge is -2.17.